The van der Waals surface area contributed by atoms with Crippen molar-refractivity contribution < 1.29 is 19.1 Å². The number of halogens is 1. The largest absolute Gasteiger partial charge is 0.481 e. The molecule has 2 atom stereocenters. The Labute approximate surface area is 110 Å². The second-order valence-electron chi connectivity index (χ2n) is 4.76. The first kappa shape index (κ1) is 13.5. The summed E-state index contributed by atoms with van der Waals surface area (Å²) >= 11 is 0. The Bertz CT molecular complexity index is 506. The molecule has 1 N–H and O–H groups in total. The molecule has 102 valence electrons. The standard InChI is InChI=1S/C13H15FN2O3/c1-8-6-9(13(18)19)3-5-16(8)12(17)10-2-4-15-7-11(10)14/h2,4,7-9H,3,5-6H2,1H3,(H,18,19). The van der Waals surface area contributed by atoms with Crippen molar-refractivity contribution in [2.45, 2.75) is 25.8 Å². The highest BCUT2D eigenvalue weighted by molar-refractivity contribution is 5.94. The fourth-order valence-corrected chi connectivity index (χ4v) is 2.40. The first-order chi connectivity index (χ1) is 9.00. The summed E-state index contributed by atoms with van der Waals surface area (Å²) in [5.41, 5.74) is -0.0179. The van der Waals surface area contributed by atoms with E-state index in [-0.39, 0.29) is 11.6 Å². The number of aliphatic carboxylic acids is 1. The number of carboxylic acid groups (broad SMARTS) is 1. The van der Waals surface area contributed by atoms with Crippen LogP contribution in [0.3, 0.4) is 0 Å². The van der Waals surface area contributed by atoms with Gasteiger partial charge in [-0.15, -0.1) is 0 Å². The van der Waals surface area contributed by atoms with Gasteiger partial charge in [-0.05, 0) is 25.8 Å². The number of aromatic nitrogens is 1. The van der Waals surface area contributed by atoms with Crippen LogP contribution in [0.1, 0.15) is 30.1 Å². The van der Waals surface area contributed by atoms with Crippen molar-refractivity contribution >= 4 is 11.9 Å². The van der Waals surface area contributed by atoms with E-state index in [0.29, 0.717) is 19.4 Å². The van der Waals surface area contributed by atoms with Crippen LogP contribution in [0.4, 0.5) is 4.39 Å². The van der Waals surface area contributed by atoms with Gasteiger partial charge in [0.05, 0.1) is 17.7 Å². The number of pyridine rings is 1. The number of hydrogen-bond acceptors (Lipinski definition) is 3. The molecule has 2 unspecified atom stereocenters. The lowest BCUT2D eigenvalue weighted by Crippen LogP contribution is -2.46. The maximum atomic E-state index is 13.5. The summed E-state index contributed by atoms with van der Waals surface area (Å²) in [5.74, 6) is -2.33. The van der Waals surface area contributed by atoms with Crippen LogP contribution in [0.2, 0.25) is 0 Å². The highest BCUT2D eigenvalue weighted by Crippen LogP contribution is 2.25. The Morgan fingerprint density at radius 2 is 2.26 bits per heavy atom. The average Bonchev–Trinajstić information content (AvgIpc) is 2.38. The van der Waals surface area contributed by atoms with E-state index in [2.05, 4.69) is 4.98 Å². The van der Waals surface area contributed by atoms with Crippen molar-refractivity contribution in [2.24, 2.45) is 5.92 Å². The number of piperidine rings is 1. The van der Waals surface area contributed by atoms with Crippen LogP contribution in [-0.4, -0.2) is 39.5 Å². The van der Waals surface area contributed by atoms with Gasteiger partial charge >= 0.3 is 5.97 Å². The third kappa shape index (κ3) is 2.72. The van der Waals surface area contributed by atoms with Gasteiger partial charge in [0, 0.05) is 18.8 Å². The quantitative estimate of drug-likeness (QED) is 0.881. The molecule has 6 heteroatoms. The second kappa shape index (κ2) is 5.34. The molecule has 2 heterocycles. The van der Waals surface area contributed by atoms with E-state index < -0.39 is 23.6 Å². The first-order valence-electron chi connectivity index (χ1n) is 6.14. The van der Waals surface area contributed by atoms with E-state index in [9.17, 15) is 14.0 Å². The summed E-state index contributed by atoms with van der Waals surface area (Å²) in [7, 11) is 0. The molecule has 1 amide bonds. The minimum Gasteiger partial charge on any atom is -0.481 e. The van der Waals surface area contributed by atoms with Gasteiger partial charge in [-0.25, -0.2) is 4.39 Å². The highest BCUT2D eigenvalue weighted by Gasteiger charge is 2.33. The van der Waals surface area contributed by atoms with Gasteiger partial charge in [0.25, 0.3) is 5.91 Å². The molecule has 5 nitrogen and oxygen atoms in total. The van der Waals surface area contributed by atoms with Crippen LogP contribution in [0.15, 0.2) is 18.5 Å². The molecule has 0 radical (unpaired) electrons. The molecule has 1 aliphatic rings. The third-order valence-corrected chi connectivity index (χ3v) is 3.49. The van der Waals surface area contributed by atoms with Crippen molar-refractivity contribution in [3.63, 3.8) is 0 Å². The van der Waals surface area contributed by atoms with Crippen LogP contribution >= 0.6 is 0 Å². The van der Waals surface area contributed by atoms with Gasteiger partial charge in [-0.1, -0.05) is 0 Å². The molecular weight excluding hydrogens is 251 g/mol. The van der Waals surface area contributed by atoms with Gasteiger partial charge in [-0.3, -0.25) is 14.6 Å². The molecule has 19 heavy (non-hydrogen) atoms. The summed E-state index contributed by atoms with van der Waals surface area (Å²) in [4.78, 5) is 28.3. The number of likely N-dealkylation sites (tertiary alicyclic amines) is 1. The number of nitrogens with zero attached hydrogens (tertiary/aromatic N) is 2. The van der Waals surface area contributed by atoms with Gasteiger partial charge in [0.2, 0.25) is 0 Å². The van der Waals surface area contributed by atoms with Crippen molar-refractivity contribution in [1.82, 2.24) is 9.88 Å². The number of rotatable bonds is 2. The van der Waals surface area contributed by atoms with Crippen molar-refractivity contribution in [1.29, 1.82) is 0 Å². The lowest BCUT2D eigenvalue weighted by atomic mass is 9.91. The predicted octanol–water partition coefficient (Wildman–Crippen LogP) is 1.55. The van der Waals surface area contributed by atoms with Crippen LogP contribution < -0.4 is 0 Å². The Morgan fingerprint density at radius 3 is 2.84 bits per heavy atom. The minimum absolute atomic E-state index is 0.0179. The molecule has 1 fully saturated rings. The van der Waals surface area contributed by atoms with Crippen LogP contribution in [0, 0.1) is 11.7 Å². The molecule has 1 saturated heterocycles. The SMILES string of the molecule is CC1CC(C(=O)O)CCN1C(=O)c1ccncc1F. The molecule has 0 bridgehead atoms. The Hall–Kier alpha value is -1.98. The number of carbonyl (C=O) groups excluding carboxylic acids is 1. The summed E-state index contributed by atoms with van der Waals surface area (Å²) in [6, 6.07) is 1.13. The fraction of sp³-hybridized carbons (Fsp3) is 0.462. The second-order valence-corrected chi connectivity index (χ2v) is 4.76. The summed E-state index contributed by atoms with van der Waals surface area (Å²) in [6.07, 6.45) is 3.17. The highest BCUT2D eigenvalue weighted by atomic mass is 19.1. The van der Waals surface area contributed by atoms with Crippen LogP contribution in [-0.2, 0) is 4.79 Å². The Morgan fingerprint density at radius 1 is 1.53 bits per heavy atom. The molecule has 0 aliphatic carbocycles. The maximum Gasteiger partial charge on any atom is 0.306 e. The molecular formula is C13H15FN2O3. The Kier molecular flexibility index (Phi) is 3.78. The molecule has 1 aromatic rings. The number of amides is 1. The van der Waals surface area contributed by atoms with E-state index in [4.69, 9.17) is 5.11 Å². The third-order valence-electron chi connectivity index (χ3n) is 3.49. The van der Waals surface area contributed by atoms with Crippen molar-refractivity contribution in [3.8, 4) is 0 Å². The van der Waals surface area contributed by atoms with Gasteiger partial charge in [0.15, 0.2) is 5.82 Å². The number of carbonyl (C=O) groups is 2. The zero-order valence-electron chi connectivity index (χ0n) is 10.5. The lowest BCUT2D eigenvalue weighted by molar-refractivity contribution is -0.143. The van der Waals surface area contributed by atoms with E-state index in [1.54, 1.807) is 6.92 Å². The monoisotopic (exact) mass is 266 g/mol. The minimum atomic E-state index is -0.839. The first-order valence-corrected chi connectivity index (χ1v) is 6.14. The molecule has 1 aromatic heterocycles. The summed E-state index contributed by atoms with van der Waals surface area (Å²) in [6.45, 7) is 2.12. The van der Waals surface area contributed by atoms with Crippen molar-refractivity contribution in [3.05, 3.63) is 29.8 Å². The molecule has 0 spiro atoms. The molecule has 1 aliphatic heterocycles. The summed E-state index contributed by atoms with van der Waals surface area (Å²) in [5, 5.41) is 8.97. The predicted molar refractivity (Wildman–Crippen MR) is 65.1 cm³/mol. The topological polar surface area (TPSA) is 70.5 Å². The van der Waals surface area contributed by atoms with E-state index in [1.807, 2.05) is 0 Å². The Balaban J connectivity index is 2.13. The van der Waals surface area contributed by atoms with Crippen LogP contribution in [0.5, 0.6) is 0 Å². The van der Waals surface area contributed by atoms with Gasteiger partial charge in [-0.2, -0.15) is 0 Å². The van der Waals surface area contributed by atoms with E-state index in [0.717, 1.165) is 6.20 Å². The van der Waals surface area contributed by atoms with Crippen molar-refractivity contribution in [2.75, 3.05) is 6.54 Å². The van der Waals surface area contributed by atoms with Crippen LogP contribution in [0.25, 0.3) is 0 Å². The molecule has 0 saturated carbocycles. The lowest BCUT2D eigenvalue weighted by Gasteiger charge is -2.36. The fourth-order valence-electron chi connectivity index (χ4n) is 2.40. The average molecular weight is 266 g/mol. The zero-order valence-corrected chi connectivity index (χ0v) is 10.5. The molecule has 2 rings (SSSR count). The number of hydrogen-bond donors (Lipinski definition) is 1. The van der Waals surface area contributed by atoms with Gasteiger partial charge < -0.3 is 10.0 Å². The smallest absolute Gasteiger partial charge is 0.306 e. The van der Waals surface area contributed by atoms with E-state index >= 15 is 0 Å². The molecule has 0 aromatic carbocycles. The number of carboxylic acids is 1. The maximum absolute atomic E-state index is 13.5. The normalized spacial score (nSPS) is 23.2. The zero-order chi connectivity index (χ0) is 14.0. The summed E-state index contributed by atoms with van der Waals surface area (Å²) < 4.78 is 13.5. The van der Waals surface area contributed by atoms with E-state index in [1.165, 1.54) is 17.2 Å². The van der Waals surface area contributed by atoms with Gasteiger partial charge in [0.1, 0.15) is 0 Å².